The Hall–Kier alpha value is -1.35. The summed E-state index contributed by atoms with van der Waals surface area (Å²) in [5.74, 6) is -0.397. The van der Waals surface area contributed by atoms with Gasteiger partial charge < -0.3 is 10.0 Å². The molecule has 1 fully saturated rings. The van der Waals surface area contributed by atoms with Crippen LogP contribution in [0.4, 0.5) is 0 Å². The molecule has 1 aromatic rings. The van der Waals surface area contributed by atoms with Crippen molar-refractivity contribution >= 4 is 5.97 Å². The maximum Gasteiger partial charge on any atom is 0.306 e. The van der Waals surface area contributed by atoms with Gasteiger partial charge in [0.05, 0.1) is 5.92 Å². The second-order valence-electron chi connectivity index (χ2n) is 5.56. The number of hydrogen-bond donors (Lipinski definition) is 1. The van der Waals surface area contributed by atoms with Crippen molar-refractivity contribution in [3.63, 3.8) is 0 Å². The Kier molecular flexibility index (Phi) is 3.71. The van der Waals surface area contributed by atoms with Crippen LogP contribution in [0.25, 0.3) is 0 Å². The molecule has 3 heteroatoms. The number of carbonyl (C=O) groups is 1. The summed E-state index contributed by atoms with van der Waals surface area (Å²) in [7, 11) is 2.06. The molecule has 1 aliphatic rings. The van der Waals surface area contributed by atoms with Gasteiger partial charge in [-0.05, 0) is 49.9 Å². The van der Waals surface area contributed by atoms with Crippen LogP contribution < -0.4 is 0 Å². The molecule has 0 spiro atoms. The van der Waals surface area contributed by atoms with Gasteiger partial charge in [0, 0.05) is 13.1 Å². The van der Waals surface area contributed by atoms with Crippen LogP contribution in [0, 0.1) is 25.7 Å². The Labute approximate surface area is 108 Å². The number of hydrogen-bond acceptors (Lipinski definition) is 2. The van der Waals surface area contributed by atoms with Crippen molar-refractivity contribution in [2.75, 3.05) is 13.6 Å². The zero-order valence-corrected chi connectivity index (χ0v) is 11.3. The molecule has 2 unspecified atom stereocenters. The summed E-state index contributed by atoms with van der Waals surface area (Å²) < 4.78 is 0. The van der Waals surface area contributed by atoms with Gasteiger partial charge in [0.1, 0.15) is 0 Å². The molecule has 1 saturated carbocycles. The molecule has 0 amide bonds. The van der Waals surface area contributed by atoms with E-state index in [1.54, 1.807) is 0 Å². The van der Waals surface area contributed by atoms with Gasteiger partial charge in [0.2, 0.25) is 0 Å². The predicted octanol–water partition coefficient (Wildman–Crippen LogP) is 2.46. The molecule has 98 valence electrons. The molecule has 0 bridgehead atoms. The van der Waals surface area contributed by atoms with Gasteiger partial charge in [0.15, 0.2) is 0 Å². The highest BCUT2D eigenvalue weighted by atomic mass is 16.4. The summed E-state index contributed by atoms with van der Waals surface area (Å²) >= 11 is 0. The summed E-state index contributed by atoms with van der Waals surface area (Å²) in [6.07, 6.45) is 0.840. The molecule has 18 heavy (non-hydrogen) atoms. The second-order valence-corrected chi connectivity index (χ2v) is 5.56. The van der Waals surface area contributed by atoms with E-state index in [1.165, 1.54) is 16.7 Å². The second kappa shape index (κ2) is 5.11. The number of nitrogens with zero attached hydrogens (tertiary/aromatic N) is 1. The first-order valence-corrected chi connectivity index (χ1v) is 6.45. The van der Waals surface area contributed by atoms with Crippen LogP contribution in [0.3, 0.4) is 0 Å². The largest absolute Gasteiger partial charge is 0.481 e. The van der Waals surface area contributed by atoms with E-state index in [0.29, 0.717) is 5.92 Å². The summed E-state index contributed by atoms with van der Waals surface area (Å²) in [4.78, 5) is 13.0. The molecule has 0 aliphatic heterocycles. The Morgan fingerprint density at radius 2 is 2.11 bits per heavy atom. The highest BCUT2D eigenvalue weighted by Crippen LogP contribution is 2.39. The van der Waals surface area contributed by atoms with E-state index in [1.807, 2.05) is 0 Å². The van der Waals surface area contributed by atoms with Crippen molar-refractivity contribution in [1.82, 2.24) is 4.90 Å². The lowest BCUT2D eigenvalue weighted by Gasteiger charge is -2.17. The van der Waals surface area contributed by atoms with Gasteiger partial charge >= 0.3 is 5.97 Å². The van der Waals surface area contributed by atoms with Crippen molar-refractivity contribution in [3.8, 4) is 0 Å². The Morgan fingerprint density at radius 1 is 1.39 bits per heavy atom. The van der Waals surface area contributed by atoms with Crippen LogP contribution in [0.5, 0.6) is 0 Å². The quantitative estimate of drug-likeness (QED) is 0.869. The van der Waals surface area contributed by atoms with E-state index in [4.69, 9.17) is 5.11 Å². The van der Waals surface area contributed by atoms with Crippen LogP contribution in [0.1, 0.15) is 23.1 Å². The summed E-state index contributed by atoms with van der Waals surface area (Å²) in [5.41, 5.74) is 3.93. The van der Waals surface area contributed by atoms with Crippen molar-refractivity contribution in [2.24, 2.45) is 11.8 Å². The first-order valence-electron chi connectivity index (χ1n) is 6.45. The fraction of sp³-hybridized carbons (Fsp3) is 0.533. The molecule has 0 radical (unpaired) electrons. The van der Waals surface area contributed by atoms with Gasteiger partial charge in [-0.1, -0.05) is 18.2 Å². The van der Waals surface area contributed by atoms with E-state index >= 15 is 0 Å². The maximum atomic E-state index is 10.8. The average molecular weight is 247 g/mol. The van der Waals surface area contributed by atoms with Crippen LogP contribution in [-0.2, 0) is 11.3 Å². The predicted molar refractivity (Wildman–Crippen MR) is 71.5 cm³/mol. The molecule has 0 aromatic heterocycles. The lowest BCUT2D eigenvalue weighted by atomic mass is 10.1. The third-order valence-corrected chi connectivity index (χ3v) is 3.81. The van der Waals surface area contributed by atoms with Crippen molar-refractivity contribution in [1.29, 1.82) is 0 Å². The molecular formula is C15H21NO2. The topological polar surface area (TPSA) is 40.5 Å². The van der Waals surface area contributed by atoms with Crippen molar-refractivity contribution < 1.29 is 9.90 Å². The Morgan fingerprint density at radius 3 is 2.67 bits per heavy atom. The van der Waals surface area contributed by atoms with E-state index in [2.05, 4.69) is 44.0 Å². The summed E-state index contributed by atoms with van der Waals surface area (Å²) in [6, 6.07) is 6.52. The fourth-order valence-electron chi connectivity index (χ4n) is 2.43. The zero-order valence-electron chi connectivity index (χ0n) is 11.3. The van der Waals surface area contributed by atoms with E-state index in [-0.39, 0.29) is 5.92 Å². The Balaban J connectivity index is 1.86. The van der Waals surface area contributed by atoms with Crippen LogP contribution >= 0.6 is 0 Å². The summed E-state index contributed by atoms with van der Waals surface area (Å²) in [5, 5.41) is 8.87. The number of benzene rings is 1. The van der Waals surface area contributed by atoms with Gasteiger partial charge in [-0.15, -0.1) is 0 Å². The number of carboxylic acid groups (broad SMARTS) is 1. The molecule has 3 nitrogen and oxygen atoms in total. The van der Waals surface area contributed by atoms with E-state index in [0.717, 1.165) is 19.5 Å². The summed E-state index contributed by atoms with van der Waals surface area (Å²) in [6.45, 7) is 6.01. The van der Waals surface area contributed by atoms with Crippen LogP contribution in [-0.4, -0.2) is 29.6 Å². The van der Waals surface area contributed by atoms with E-state index < -0.39 is 5.97 Å². The normalized spacial score (nSPS) is 22.2. The first-order chi connectivity index (χ1) is 8.47. The van der Waals surface area contributed by atoms with Gasteiger partial charge in [-0.2, -0.15) is 0 Å². The minimum atomic E-state index is -0.639. The monoisotopic (exact) mass is 247 g/mol. The lowest BCUT2D eigenvalue weighted by molar-refractivity contribution is -0.138. The molecular weight excluding hydrogens is 226 g/mol. The SMILES string of the molecule is Cc1ccc(CN(C)CC2CC2C(=O)O)cc1C. The minimum absolute atomic E-state index is 0.104. The molecule has 1 aromatic carbocycles. The lowest BCUT2D eigenvalue weighted by Crippen LogP contribution is -2.21. The van der Waals surface area contributed by atoms with Crippen molar-refractivity contribution in [3.05, 3.63) is 34.9 Å². The van der Waals surface area contributed by atoms with E-state index in [9.17, 15) is 4.79 Å². The van der Waals surface area contributed by atoms with Gasteiger partial charge in [0.25, 0.3) is 0 Å². The molecule has 1 N–H and O–H groups in total. The minimum Gasteiger partial charge on any atom is -0.481 e. The highest BCUT2D eigenvalue weighted by Gasteiger charge is 2.43. The number of rotatable bonds is 5. The molecule has 0 saturated heterocycles. The zero-order chi connectivity index (χ0) is 13.3. The third-order valence-electron chi connectivity index (χ3n) is 3.81. The third kappa shape index (κ3) is 3.10. The molecule has 1 aliphatic carbocycles. The number of carboxylic acids is 1. The number of aryl methyl sites for hydroxylation is 2. The standard InChI is InChI=1S/C15H21NO2/c1-10-4-5-12(6-11(10)2)8-16(3)9-13-7-14(13)15(17)18/h4-6,13-14H,7-9H2,1-3H3,(H,17,18). The smallest absolute Gasteiger partial charge is 0.306 e. The van der Waals surface area contributed by atoms with Crippen molar-refractivity contribution in [2.45, 2.75) is 26.8 Å². The van der Waals surface area contributed by atoms with Gasteiger partial charge in [-0.3, -0.25) is 4.79 Å². The highest BCUT2D eigenvalue weighted by molar-refractivity contribution is 5.73. The Bertz CT molecular complexity index is 456. The molecule has 2 atom stereocenters. The van der Waals surface area contributed by atoms with Crippen LogP contribution in [0.2, 0.25) is 0 Å². The molecule has 0 heterocycles. The van der Waals surface area contributed by atoms with Gasteiger partial charge in [-0.25, -0.2) is 0 Å². The fourth-order valence-corrected chi connectivity index (χ4v) is 2.43. The first kappa shape index (κ1) is 13.1. The number of aliphatic carboxylic acids is 1. The molecule has 2 rings (SSSR count). The average Bonchev–Trinajstić information content (AvgIpc) is 3.03. The van der Waals surface area contributed by atoms with Crippen LogP contribution in [0.15, 0.2) is 18.2 Å². The maximum absolute atomic E-state index is 10.8.